The van der Waals surface area contributed by atoms with Gasteiger partial charge in [0, 0.05) is 5.56 Å². The highest BCUT2D eigenvalue weighted by molar-refractivity contribution is 6.77. The molecule has 178 valence electrons. The molecule has 1 N–H and O–H groups in total. The fourth-order valence-corrected chi connectivity index (χ4v) is 10.8. The van der Waals surface area contributed by atoms with Gasteiger partial charge in [-0.05, 0) is 49.0 Å². The Labute approximate surface area is 195 Å². The summed E-state index contributed by atoms with van der Waals surface area (Å²) in [4.78, 5) is 12.9. The second-order valence-corrected chi connectivity index (χ2v) is 15.5. The van der Waals surface area contributed by atoms with Gasteiger partial charge in [0.05, 0.1) is 0 Å². The van der Waals surface area contributed by atoms with E-state index in [0.29, 0.717) is 6.42 Å². The van der Waals surface area contributed by atoms with E-state index in [1.165, 1.54) is 0 Å². The van der Waals surface area contributed by atoms with Crippen LogP contribution in [0.2, 0.25) is 16.6 Å². The number of ether oxygens (including phenoxy) is 2. The van der Waals surface area contributed by atoms with Crippen LogP contribution in [0.15, 0.2) is 30.3 Å². The van der Waals surface area contributed by atoms with Crippen LogP contribution >= 0.6 is 0 Å². The fourth-order valence-electron chi connectivity index (χ4n) is 5.34. The minimum atomic E-state index is -2.48. The minimum Gasteiger partial charge on any atom is -0.479 e. The quantitative estimate of drug-likeness (QED) is 0.382. The lowest BCUT2D eigenvalue weighted by atomic mass is 9.88. The van der Waals surface area contributed by atoms with Crippen molar-refractivity contribution in [1.82, 2.24) is 0 Å². The van der Waals surface area contributed by atoms with Crippen molar-refractivity contribution < 1.29 is 23.8 Å². The molecule has 0 spiro atoms. The van der Waals surface area contributed by atoms with E-state index in [9.17, 15) is 9.90 Å². The van der Waals surface area contributed by atoms with Gasteiger partial charge in [0.2, 0.25) is 13.9 Å². The number of rotatable bonds is 8. The van der Waals surface area contributed by atoms with Crippen molar-refractivity contribution in [1.29, 1.82) is 0 Å². The van der Waals surface area contributed by atoms with Crippen molar-refractivity contribution in [3.8, 4) is 11.8 Å². The molecule has 0 aromatic heterocycles. The summed E-state index contributed by atoms with van der Waals surface area (Å²) in [7, 11) is -2.48. The standard InChI is InChI=1S/C26H40O5Si/c1-10-22-26(24(27)28,31-25(8,9)29-22)23(17-16-21-14-12-11-13-15-21)30-32(18(2)3,19(4)5)20(6)7/h11-15,18-20,22-23H,10H2,1-9H3,(H,27,28)/t22-,23-,26+/m0/s1. The molecule has 1 aliphatic rings. The Bertz CT molecular complexity index is 815. The Kier molecular flexibility index (Phi) is 8.39. The van der Waals surface area contributed by atoms with E-state index >= 15 is 0 Å². The number of hydrogen-bond acceptors (Lipinski definition) is 4. The van der Waals surface area contributed by atoms with Crippen molar-refractivity contribution in [3.05, 3.63) is 35.9 Å². The van der Waals surface area contributed by atoms with Gasteiger partial charge in [-0.15, -0.1) is 0 Å². The molecule has 0 unspecified atom stereocenters. The van der Waals surface area contributed by atoms with Gasteiger partial charge in [-0.25, -0.2) is 4.79 Å². The van der Waals surface area contributed by atoms with Crippen molar-refractivity contribution in [2.75, 3.05) is 0 Å². The Morgan fingerprint density at radius 1 is 1.09 bits per heavy atom. The second-order valence-electron chi connectivity index (χ2n) is 10.1. The summed E-state index contributed by atoms with van der Waals surface area (Å²) in [5, 5.41) is 10.5. The van der Waals surface area contributed by atoms with Gasteiger partial charge in [-0.3, -0.25) is 0 Å². The highest BCUT2D eigenvalue weighted by atomic mass is 28.4. The van der Waals surface area contributed by atoms with Crippen LogP contribution in [0.3, 0.4) is 0 Å². The zero-order valence-electron chi connectivity index (χ0n) is 21.1. The molecule has 32 heavy (non-hydrogen) atoms. The van der Waals surface area contributed by atoms with Crippen LogP contribution < -0.4 is 0 Å². The first-order valence-corrected chi connectivity index (χ1v) is 13.8. The highest BCUT2D eigenvalue weighted by Gasteiger charge is 2.64. The summed E-state index contributed by atoms with van der Waals surface area (Å²) in [5.74, 6) is 4.22. The van der Waals surface area contributed by atoms with E-state index in [-0.39, 0.29) is 16.6 Å². The van der Waals surface area contributed by atoms with Gasteiger partial charge in [-0.2, -0.15) is 0 Å². The summed E-state index contributed by atoms with van der Waals surface area (Å²) in [6.45, 7) is 18.5. The number of benzene rings is 1. The van der Waals surface area contributed by atoms with Gasteiger partial charge < -0.3 is 19.0 Å². The molecule has 0 radical (unpaired) electrons. The van der Waals surface area contributed by atoms with Crippen LogP contribution in [0.5, 0.6) is 0 Å². The third-order valence-electron chi connectivity index (χ3n) is 6.56. The first-order valence-electron chi connectivity index (χ1n) is 11.7. The van der Waals surface area contributed by atoms with Gasteiger partial charge in [-0.1, -0.05) is 78.5 Å². The zero-order valence-corrected chi connectivity index (χ0v) is 22.1. The first-order chi connectivity index (χ1) is 14.8. The van der Waals surface area contributed by atoms with E-state index in [1.807, 2.05) is 37.3 Å². The molecule has 0 bridgehead atoms. The average molecular weight is 461 g/mol. The van der Waals surface area contributed by atoms with Crippen molar-refractivity contribution in [3.63, 3.8) is 0 Å². The molecule has 1 aromatic rings. The SMILES string of the molecule is CC[C@@H]1OC(C)(C)O[C@@]1(C(=O)O)[C@H](C#Cc1ccccc1)O[Si](C(C)C)(C(C)C)C(C)C. The number of carboxylic acids is 1. The largest absolute Gasteiger partial charge is 0.479 e. The molecule has 0 saturated carbocycles. The van der Waals surface area contributed by atoms with Crippen LogP contribution in [0, 0.1) is 11.8 Å². The predicted octanol–water partition coefficient (Wildman–Crippen LogP) is 5.98. The number of hydrogen-bond donors (Lipinski definition) is 1. The number of carbonyl (C=O) groups is 1. The van der Waals surface area contributed by atoms with Crippen LogP contribution in [-0.2, 0) is 18.7 Å². The lowest BCUT2D eigenvalue weighted by Crippen LogP contribution is -2.62. The van der Waals surface area contributed by atoms with E-state index in [4.69, 9.17) is 13.9 Å². The second kappa shape index (κ2) is 10.1. The van der Waals surface area contributed by atoms with E-state index in [0.717, 1.165) is 5.56 Å². The number of aliphatic carboxylic acids is 1. The molecular formula is C26H40O5Si. The molecule has 2 rings (SSSR count). The minimum absolute atomic E-state index is 0.268. The Balaban J connectivity index is 2.73. The van der Waals surface area contributed by atoms with Gasteiger partial charge >= 0.3 is 5.97 Å². The monoisotopic (exact) mass is 460 g/mol. The maximum atomic E-state index is 12.9. The molecule has 0 amide bonds. The third-order valence-corrected chi connectivity index (χ3v) is 12.6. The lowest BCUT2D eigenvalue weighted by Gasteiger charge is -2.46. The van der Waals surface area contributed by atoms with Gasteiger partial charge in [0.15, 0.2) is 11.9 Å². The predicted molar refractivity (Wildman–Crippen MR) is 130 cm³/mol. The smallest absolute Gasteiger partial charge is 0.342 e. The van der Waals surface area contributed by atoms with E-state index in [2.05, 4.69) is 53.4 Å². The number of carboxylic acid groups (broad SMARTS) is 1. The fraction of sp³-hybridized carbons (Fsp3) is 0.654. The maximum absolute atomic E-state index is 12.9. The molecule has 6 heteroatoms. The normalized spacial score (nSPS) is 23.9. The Hall–Kier alpha value is -1.65. The zero-order chi connectivity index (χ0) is 24.3. The van der Waals surface area contributed by atoms with Crippen LogP contribution in [0.4, 0.5) is 0 Å². The summed E-state index contributed by atoms with van der Waals surface area (Å²) < 4.78 is 19.3. The summed E-state index contributed by atoms with van der Waals surface area (Å²) in [6.07, 6.45) is -1.17. The van der Waals surface area contributed by atoms with E-state index in [1.54, 1.807) is 13.8 Å². The van der Waals surface area contributed by atoms with E-state index < -0.39 is 37.9 Å². The molecule has 1 aromatic carbocycles. The van der Waals surface area contributed by atoms with Gasteiger partial charge in [0.25, 0.3) is 0 Å². The molecule has 0 aliphatic carbocycles. The lowest BCUT2D eigenvalue weighted by molar-refractivity contribution is -0.196. The molecular weight excluding hydrogens is 420 g/mol. The van der Waals surface area contributed by atoms with Crippen LogP contribution in [0.25, 0.3) is 0 Å². The molecule has 1 heterocycles. The topological polar surface area (TPSA) is 65.0 Å². The maximum Gasteiger partial charge on any atom is 0.342 e. The summed E-state index contributed by atoms with van der Waals surface area (Å²) >= 11 is 0. The molecule has 5 nitrogen and oxygen atoms in total. The molecule has 1 saturated heterocycles. The Morgan fingerprint density at radius 3 is 2.06 bits per heavy atom. The summed E-state index contributed by atoms with van der Waals surface area (Å²) in [6, 6.07) is 9.56. The van der Waals surface area contributed by atoms with Crippen molar-refractivity contribution in [2.45, 2.75) is 109 Å². The van der Waals surface area contributed by atoms with Gasteiger partial charge in [0.1, 0.15) is 6.10 Å². The van der Waals surface area contributed by atoms with Crippen molar-refractivity contribution >= 4 is 14.3 Å². The third kappa shape index (κ3) is 4.96. The Morgan fingerprint density at radius 2 is 1.62 bits per heavy atom. The highest BCUT2D eigenvalue weighted by Crippen LogP contribution is 2.47. The van der Waals surface area contributed by atoms with Crippen LogP contribution in [0.1, 0.15) is 74.3 Å². The molecule has 3 atom stereocenters. The average Bonchev–Trinajstić information content (AvgIpc) is 3.00. The van der Waals surface area contributed by atoms with Crippen molar-refractivity contribution in [2.24, 2.45) is 0 Å². The first kappa shape index (κ1) is 26.6. The molecule has 1 fully saturated rings. The molecule has 1 aliphatic heterocycles. The van der Waals surface area contributed by atoms with Crippen LogP contribution in [-0.4, -0.2) is 43.0 Å². The summed E-state index contributed by atoms with van der Waals surface area (Å²) in [5.41, 5.74) is -0.102.